The Morgan fingerprint density at radius 1 is 0.522 bits per heavy atom. The Hall–Kier alpha value is -1.85. The van der Waals surface area contributed by atoms with Crippen molar-refractivity contribution < 1.29 is 39.8 Å². The van der Waals surface area contributed by atoms with Crippen LogP contribution in [0.1, 0.15) is 258 Å². The van der Waals surface area contributed by atoms with Gasteiger partial charge in [-0.1, -0.05) is 249 Å². The van der Waals surface area contributed by atoms with Gasteiger partial charge < -0.3 is 40.3 Å². The highest BCUT2D eigenvalue weighted by atomic mass is 16.7. The molecule has 7 unspecified atom stereocenters. The number of unbranched alkanes of at least 4 members (excludes halogenated alkanes) is 30. The van der Waals surface area contributed by atoms with Gasteiger partial charge in [-0.15, -0.1) is 0 Å². The standard InChI is InChI=1S/C58H107NO8/c1-3-5-7-9-11-13-15-17-18-19-20-21-22-23-24-25-26-27-28-29-30-31-32-33-34-36-38-40-42-44-46-48-54(62)59-51(50-66-58-57(65)56(64)55(63)53(49-60)67-58)52(61)47-45-43-41-39-37-35-16-14-12-10-8-6-4-2/h5,7,11,13,17-18,20-21,51-53,55-58,60-61,63-65H,3-4,6,8-10,12,14-16,19,22-50H2,1-2H3,(H,59,62)/b7-5-,13-11-,18-17-,21-20-. The van der Waals surface area contributed by atoms with E-state index in [1.165, 1.54) is 167 Å². The molecule has 1 rings (SSSR count). The van der Waals surface area contributed by atoms with Gasteiger partial charge in [0.1, 0.15) is 24.4 Å². The molecule has 67 heavy (non-hydrogen) atoms. The first-order chi connectivity index (χ1) is 32.8. The van der Waals surface area contributed by atoms with E-state index in [-0.39, 0.29) is 12.5 Å². The molecule has 0 spiro atoms. The Balaban J connectivity index is 2.12. The predicted octanol–water partition coefficient (Wildman–Crippen LogP) is 13.7. The van der Waals surface area contributed by atoms with Gasteiger partial charge in [0.25, 0.3) is 0 Å². The second kappa shape index (κ2) is 47.8. The van der Waals surface area contributed by atoms with Gasteiger partial charge in [0, 0.05) is 6.42 Å². The van der Waals surface area contributed by atoms with Crippen molar-refractivity contribution >= 4 is 5.91 Å². The first kappa shape index (κ1) is 63.2. The summed E-state index contributed by atoms with van der Waals surface area (Å²) < 4.78 is 11.3. The van der Waals surface area contributed by atoms with Crippen LogP contribution in [0.4, 0.5) is 0 Å². The third kappa shape index (κ3) is 37.6. The Morgan fingerprint density at radius 2 is 0.925 bits per heavy atom. The number of aliphatic hydroxyl groups excluding tert-OH is 5. The minimum Gasteiger partial charge on any atom is -0.394 e. The molecule has 1 aliphatic heterocycles. The molecular weight excluding hydrogens is 839 g/mol. The first-order valence-corrected chi connectivity index (χ1v) is 28.3. The van der Waals surface area contributed by atoms with Crippen molar-refractivity contribution in [1.29, 1.82) is 0 Å². The minimum atomic E-state index is -1.55. The Morgan fingerprint density at radius 3 is 1.37 bits per heavy atom. The Labute approximate surface area is 412 Å². The number of hydrogen-bond acceptors (Lipinski definition) is 8. The van der Waals surface area contributed by atoms with Crippen LogP contribution in [0, 0.1) is 0 Å². The smallest absolute Gasteiger partial charge is 0.220 e. The SMILES string of the molecule is CC/C=C\C/C=C\C/C=C\C/C=C\CCCCCCCCCCCCCCCCCCCCC(=O)NC(COC1OC(CO)C(O)C(O)C1O)C(O)CCCCCCCCCCCCCCC. The van der Waals surface area contributed by atoms with Crippen molar-refractivity contribution in [3.05, 3.63) is 48.6 Å². The second-order valence-corrected chi connectivity index (χ2v) is 19.7. The summed E-state index contributed by atoms with van der Waals surface area (Å²) in [5, 5.41) is 54.5. The number of nitrogens with one attached hydrogen (secondary N) is 1. The van der Waals surface area contributed by atoms with Gasteiger partial charge in [-0.05, 0) is 51.4 Å². The average Bonchev–Trinajstić information content (AvgIpc) is 3.33. The zero-order valence-electron chi connectivity index (χ0n) is 43.4. The number of rotatable bonds is 48. The highest BCUT2D eigenvalue weighted by Crippen LogP contribution is 2.23. The van der Waals surface area contributed by atoms with Gasteiger partial charge in [0.15, 0.2) is 6.29 Å². The van der Waals surface area contributed by atoms with Crippen LogP contribution in [-0.4, -0.2) is 87.5 Å². The predicted molar refractivity (Wildman–Crippen MR) is 281 cm³/mol. The normalized spacial score (nSPS) is 20.0. The molecule has 0 radical (unpaired) electrons. The summed E-state index contributed by atoms with van der Waals surface area (Å²) >= 11 is 0. The Bertz CT molecular complexity index is 1190. The quantitative estimate of drug-likeness (QED) is 0.0261. The van der Waals surface area contributed by atoms with Crippen molar-refractivity contribution in [2.75, 3.05) is 13.2 Å². The number of amides is 1. The van der Waals surface area contributed by atoms with Crippen LogP contribution in [-0.2, 0) is 14.3 Å². The maximum Gasteiger partial charge on any atom is 0.220 e. The van der Waals surface area contributed by atoms with Crippen molar-refractivity contribution in [1.82, 2.24) is 5.32 Å². The summed E-state index contributed by atoms with van der Waals surface area (Å²) in [6.45, 7) is 3.73. The molecule has 7 atom stereocenters. The van der Waals surface area contributed by atoms with E-state index in [0.717, 1.165) is 64.2 Å². The van der Waals surface area contributed by atoms with Crippen molar-refractivity contribution in [2.45, 2.75) is 301 Å². The van der Waals surface area contributed by atoms with E-state index >= 15 is 0 Å². The van der Waals surface area contributed by atoms with Crippen LogP contribution in [0.3, 0.4) is 0 Å². The molecular formula is C58H107NO8. The van der Waals surface area contributed by atoms with E-state index in [1.807, 2.05) is 0 Å². The number of carbonyl (C=O) groups excluding carboxylic acids is 1. The number of aliphatic hydroxyl groups is 5. The van der Waals surface area contributed by atoms with Gasteiger partial charge in [0.2, 0.25) is 5.91 Å². The molecule has 0 aliphatic carbocycles. The molecule has 9 nitrogen and oxygen atoms in total. The average molecular weight is 946 g/mol. The molecule has 1 heterocycles. The topological polar surface area (TPSA) is 149 Å². The van der Waals surface area contributed by atoms with Crippen molar-refractivity contribution in [3.8, 4) is 0 Å². The van der Waals surface area contributed by atoms with Crippen LogP contribution in [0.5, 0.6) is 0 Å². The van der Waals surface area contributed by atoms with Gasteiger partial charge in [-0.25, -0.2) is 0 Å². The maximum atomic E-state index is 13.0. The maximum absolute atomic E-state index is 13.0. The fraction of sp³-hybridized carbons (Fsp3) is 0.845. The van der Waals surface area contributed by atoms with E-state index in [4.69, 9.17) is 9.47 Å². The summed E-state index contributed by atoms with van der Waals surface area (Å²) in [6, 6.07) is -0.717. The number of carbonyl (C=O) groups is 1. The summed E-state index contributed by atoms with van der Waals surface area (Å²) in [5.41, 5.74) is 0. The molecule has 1 fully saturated rings. The molecule has 0 aromatic heterocycles. The lowest BCUT2D eigenvalue weighted by Crippen LogP contribution is -2.60. The fourth-order valence-electron chi connectivity index (χ4n) is 8.98. The molecule has 392 valence electrons. The summed E-state index contributed by atoms with van der Waals surface area (Å²) in [6.07, 6.45) is 55.7. The van der Waals surface area contributed by atoms with E-state index < -0.39 is 49.5 Å². The largest absolute Gasteiger partial charge is 0.394 e. The highest BCUT2D eigenvalue weighted by Gasteiger charge is 2.44. The lowest BCUT2D eigenvalue weighted by Gasteiger charge is -2.40. The molecule has 9 heteroatoms. The zero-order chi connectivity index (χ0) is 48.7. The Kier molecular flexibility index (Phi) is 45.1. The number of allylic oxidation sites excluding steroid dienone is 8. The molecule has 6 N–H and O–H groups in total. The van der Waals surface area contributed by atoms with Crippen LogP contribution in [0.25, 0.3) is 0 Å². The van der Waals surface area contributed by atoms with E-state index in [9.17, 15) is 30.3 Å². The van der Waals surface area contributed by atoms with Gasteiger partial charge in [0.05, 0.1) is 25.4 Å². The number of hydrogen-bond donors (Lipinski definition) is 6. The minimum absolute atomic E-state index is 0.136. The molecule has 1 amide bonds. The second-order valence-electron chi connectivity index (χ2n) is 19.7. The lowest BCUT2D eigenvalue weighted by atomic mass is 9.99. The van der Waals surface area contributed by atoms with Gasteiger partial charge in [-0.3, -0.25) is 4.79 Å². The monoisotopic (exact) mass is 946 g/mol. The third-order valence-electron chi connectivity index (χ3n) is 13.4. The van der Waals surface area contributed by atoms with Crippen molar-refractivity contribution in [2.24, 2.45) is 0 Å². The summed E-state index contributed by atoms with van der Waals surface area (Å²) in [4.78, 5) is 13.0. The van der Waals surface area contributed by atoms with Gasteiger partial charge >= 0.3 is 0 Å². The lowest BCUT2D eigenvalue weighted by molar-refractivity contribution is -0.302. The van der Waals surface area contributed by atoms with Crippen LogP contribution >= 0.6 is 0 Å². The molecule has 0 aromatic rings. The highest BCUT2D eigenvalue weighted by molar-refractivity contribution is 5.76. The molecule has 1 saturated heterocycles. The molecule has 0 aromatic carbocycles. The fourth-order valence-corrected chi connectivity index (χ4v) is 8.98. The summed E-state index contributed by atoms with van der Waals surface area (Å²) in [7, 11) is 0. The van der Waals surface area contributed by atoms with Crippen molar-refractivity contribution in [3.63, 3.8) is 0 Å². The third-order valence-corrected chi connectivity index (χ3v) is 13.4. The van der Waals surface area contributed by atoms with Gasteiger partial charge in [-0.2, -0.15) is 0 Å². The van der Waals surface area contributed by atoms with Crippen LogP contribution < -0.4 is 5.32 Å². The molecule has 0 saturated carbocycles. The van der Waals surface area contributed by atoms with Crippen LogP contribution in [0.2, 0.25) is 0 Å². The zero-order valence-corrected chi connectivity index (χ0v) is 43.4. The van der Waals surface area contributed by atoms with E-state index in [2.05, 4.69) is 67.8 Å². The summed E-state index contributed by atoms with van der Waals surface area (Å²) in [5.74, 6) is -0.143. The molecule has 0 bridgehead atoms. The first-order valence-electron chi connectivity index (χ1n) is 28.3. The molecule has 1 aliphatic rings. The van der Waals surface area contributed by atoms with Crippen LogP contribution in [0.15, 0.2) is 48.6 Å². The van der Waals surface area contributed by atoms with E-state index in [1.54, 1.807) is 0 Å². The number of ether oxygens (including phenoxy) is 2. The van der Waals surface area contributed by atoms with E-state index in [0.29, 0.717) is 12.8 Å².